The molecule has 6 heteroatoms. The van der Waals surface area contributed by atoms with Gasteiger partial charge in [0.2, 0.25) is 0 Å². The number of aromatic carboxylic acids is 1. The largest absolute Gasteiger partial charge is 0.478 e. The number of carboxylic acid groups (broad SMARTS) is 1. The predicted molar refractivity (Wildman–Crippen MR) is 93.1 cm³/mol. The van der Waals surface area contributed by atoms with Gasteiger partial charge >= 0.3 is 12.0 Å². The van der Waals surface area contributed by atoms with Gasteiger partial charge in [0.15, 0.2) is 0 Å². The van der Waals surface area contributed by atoms with Crippen LogP contribution in [0.2, 0.25) is 0 Å². The third-order valence-corrected chi connectivity index (χ3v) is 4.57. The summed E-state index contributed by atoms with van der Waals surface area (Å²) >= 11 is 0. The summed E-state index contributed by atoms with van der Waals surface area (Å²) in [6.45, 7) is 0.339. The molecule has 2 aromatic rings. The van der Waals surface area contributed by atoms with E-state index in [1.54, 1.807) is 18.3 Å². The van der Waals surface area contributed by atoms with Crippen molar-refractivity contribution in [2.24, 2.45) is 5.92 Å². The molecule has 25 heavy (non-hydrogen) atoms. The Hall–Kier alpha value is -2.89. The van der Waals surface area contributed by atoms with Gasteiger partial charge in [0.05, 0.1) is 17.3 Å². The number of nitrogens with one attached hydrogen (secondary N) is 2. The number of carboxylic acids is 1. The molecule has 1 saturated carbocycles. The minimum Gasteiger partial charge on any atom is -0.478 e. The van der Waals surface area contributed by atoms with Crippen LogP contribution >= 0.6 is 0 Å². The first-order chi connectivity index (χ1) is 12.1. The molecule has 0 saturated heterocycles. The number of benzene rings is 1. The normalized spacial score (nSPS) is 15.0. The highest BCUT2D eigenvalue weighted by molar-refractivity contribution is 5.87. The lowest BCUT2D eigenvalue weighted by molar-refractivity contribution is 0.0697. The minimum atomic E-state index is -0.962. The Morgan fingerprint density at radius 2 is 1.92 bits per heavy atom. The molecule has 0 aliphatic heterocycles. The molecule has 1 aromatic carbocycles. The van der Waals surface area contributed by atoms with Crippen LogP contribution in [0.4, 0.5) is 4.79 Å². The second-order valence-electron chi connectivity index (χ2n) is 6.25. The average Bonchev–Trinajstić information content (AvgIpc) is 2.59. The number of nitrogens with zero attached hydrogens (tertiary/aromatic N) is 1. The van der Waals surface area contributed by atoms with E-state index in [1.165, 1.54) is 18.6 Å². The van der Waals surface area contributed by atoms with Crippen LogP contribution in [0.1, 0.15) is 46.9 Å². The number of carbonyl (C=O) groups excluding carboxylic acids is 1. The molecule has 1 unspecified atom stereocenters. The van der Waals surface area contributed by atoms with Crippen LogP contribution in [0, 0.1) is 5.92 Å². The summed E-state index contributed by atoms with van der Waals surface area (Å²) < 4.78 is 0. The molecule has 0 radical (unpaired) electrons. The summed E-state index contributed by atoms with van der Waals surface area (Å²) in [6, 6.07) is 11.9. The molecule has 1 atom stereocenters. The van der Waals surface area contributed by atoms with Gasteiger partial charge in [-0.3, -0.25) is 4.98 Å². The number of hydrogen-bond acceptors (Lipinski definition) is 3. The fraction of sp³-hybridized carbons (Fsp3) is 0.316. The second kappa shape index (κ2) is 7.79. The molecule has 3 rings (SSSR count). The maximum atomic E-state index is 12.3. The van der Waals surface area contributed by atoms with Crippen LogP contribution in [0.5, 0.6) is 0 Å². The lowest BCUT2D eigenvalue weighted by Gasteiger charge is -2.33. The van der Waals surface area contributed by atoms with Gasteiger partial charge in [0, 0.05) is 12.7 Å². The van der Waals surface area contributed by atoms with E-state index < -0.39 is 5.97 Å². The monoisotopic (exact) mass is 339 g/mol. The molecule has 1 aliphatic rings. The first-order valence-electron chi connectivity index (χ1n) is 8.41. The van der Waals surface area contributed by atoms with Crippen LogP contribution in [0.15, 0.2) is 48.7 Å². The molecular weight excluding hydrogens is 318 g/mol. The lowest BCUT2D eigenvalue weighted by Crippen LogP contribution is -2.42. The molecule has 1 aliphatic carbocycles. The fourth-order valence-electron chi connectivity index (χ4n) is 2.91. The Labute approximate surface area is 146 Å². The topological polar surface area (TPSA) is 91.3 Å². The van der Waals surface area contributed by atoms with E-state index in [4.69, 9.17) is 5.11 Å². The average molecular weight is 339 g/mol. The van der Waals surface area contributed by atoms with Crippen LogP contribution in [-0.4, -0.2) is 22.1 Å². The zero-order chi connectivity index (χ0) is 17.6. The molecule has 0 bridgehead atoms. The van der Waals surface area contributed by atoms with Gasteiger partial charge in [-0.1, -0.05) is 24.6 Å². The van der Waals surface area contributed by atoms with E-state index in [0.29, 0.717) is 12.5 Å². The first kappa shape index (κ1) is 17.0. The van der Waals surface area contributed by atoms with Crippen LogP contribution in [0.3, 0.4) is 0 Å². The summed E-state index contributed by atoms with van der Waals surface area (Å²) in [6.07, 6.45) is 5.12. The third-order valence-electron chi connectivity index (χ3n) is 4.57. The summed E-state index contributed by atoms with van der Waals surface area (Å²) in [5.41, 5.74) is 1.96. The highest BCUT2D eigenvalue weighted by Gasteiger charge is 2.30. The van der Waals surface area contributed by atoms with E-state index in [-0.39, 0.29) is 17.6 Å². The Balaban J connectivity index is 1.57. The molecule has 3 N–H and O–H groups in total. The number of aromatic nitrogens is 1. The summed E-state index contributed by atoms with van der Waals surface area (Å²) in [4.78, 5) is 27.5. The molecule has 2 amide bonds. The number of hydrogen-bond donors (Lipinski definition) is 3. The molecule has 0 spiro atoms. The van der Waals surface area contributed by atoms with Crippen molar-refractivity contribution in [3.8, 4) is 0 Å². The Morgan fingerprint density at radius 3 is 2.48 bits per heavy atom. The highest BCUT2D eigenvalue weighted by atomic mass is 16.4. The van der Waals surface area contributed by atoms with Gasteiger partial charge in [-0.2, -0.15) is 0 Å². The standard InChI is InChI=1S/C19H21N3O3/c23-18(24)15-9-7-13(8-10-15)12-21-19(25)22-17(14-4-3-5-14)16-6-1-2-11-20-16/h1-2,6-11,14,17H,3-5,12H2,(H,23,24)(H2,21,22,25). The van der Waals surface area contributed by atoms with Crippen LogP contribution in [-0.2, 0) is 6.54 Å². The Morgan fingerprint density at radius 1 is 1.16 bits per heavy atom. The van der Waals surface area contributed by atoms with E-state index in [0.717, 1.165) is 24.1 Å². The van der Waals surface area contributed by atoms with E-state index in [1.807, 2.05) is 18.2 Å². The third kappa shape index (κ3) is 4.35. The highest BCUT2D eigenvalue weighted by Crippen LogP contribution is 2.36. The zero-order valence-electron chi connectivity index (χ0n) is 13.8. The zero-order valence-corrected chi connectivity index (χ0v) is 13.8. The smallest absolute Gasteiger partial charge is 0.335 e. The minimum absolute atomic E-state index is 0.0793. The molecule has 6 nitrogen and oxygen atoms in total. The lowest BCUT2D eigenvalue weighted by atomic mass is 9.78. The van der Waals surface area contributed by atoms with Gasteiger partial charge in [-0.05, 0) is 48.6 Å². The van der Waals surface area contributed by atoms with Crippen LogP contribution in [0.25, 0.3) is 0 Å². The molecule has 1 heterocycles. The van der Waals surface area contributed by atoms with Crippen molar-refractivity contribution in [1.29, 1.82) is 0 Å². The summed E-state index contributed by atoms with van der Waals surface area (Å²) in [5, 5.41) is 14.8. The number of amides is 2. The Bertz CT molecular complexity index is 727. The number of urea groups is 1. The predicted octanol–water partition coefficient (Wildman–Crippen LogP) is 3.12. The SMILES string of the molecule is O=C(NCc1ccc(C(=O)O)cc1)NC(c1ccccn1)C1CCC1. The first-order valence-corrected chi connectivity index (χ1v) is 8.41. The Kier molecular flexibility index (Phi) is 5.28. The number of rotatable bonds is 6. The number of carbonyl (C=O) groups is 2. The second-order valence-corrected chi connectivity index (χ2v) is 6.25. The van der Waals surface area contributed by atoms with Gasteiger partial charge in [-0.25, -0.2) is 9.59 Å². The van der Waals surface area contributed by atoms with Gasteiger partial charge in [0.1, 0.15) is 0 Å². The van der Waals surface area contributed by atoms with Gasteiger partial charge in [-0.15, -0.1) is 0 Å². The van der Waals surface area contributed by atoms with E-state index >= 15 is 0 Å². The van der Waals surface area contributed by atoms with Gasteiger partial charge < -0.3 is 15.7 Å². The molecule has 130 valence electrons. The quantitative estimate of drug-likeness (QED) is 0.754. The maximum Gasteiger partial charge on any atom is 0.335 e. The van der Waals surface area contributed by atoms with Gasteiger partial charge in [0.25, 0.3) is 0 Å². The molecular formula is C19H21N3O3. The van der Waals surface area contributed by atoms with Crippen molar-refractivity contribution >= 4 is 12.0 Å². The van der Waals surface area contributed by atoms with Crippen LogP contribution < -0.4 is 10.6 Å². The van der Waals surface area contributed by atoms with E-state index in [9.17, 15) is 9.59 Å². The van der Waals surface area contributed by atoms with Crippen molar-refractivity contribution in [2.75, 3.05) is 0 Å². The van der Waals surface area contributed by atoms with Crippen molar-refractivity contribution in [3.05, 3.63) is 65.5 Å². The van der Waals surface area contributed by atoms with Crippen molar-refractivity contribution in [2.45, 2.75) is 31.8 Å². The van der Waals surface area contributed by atoms with Crippen molar-refractivity contribution in [1.82, 2.24) is 15.6 Å². The number of pyridine rings is 1. The molecule has 1 fully saturated rings. The summed E-state index contributed by atoms with van der Waals surface area (Å²) in [7, 11) is 0. The van der Waals surface area contributed by atoms with E-state index in [2.05, 4.69) is 15.6 Å². The van der Waals surface area contributed by atoms with Crippen molar-refractivity contribution in [3.63, 3.8) is 0 Å². The molecule has 1 aromatic heterocycles. The fourth-order valence-corrected chi connectivity index (χ4v) is 2.91. The summed E-state index contributed by atoms with van der Waals surface area (Å²) in [5.74, 6) is -0.536. The maximum absolute atomic E-state index is 12.3. The van der Waals surface area contributed by atoms with Crippen molar-refractivity contribution < 1.29 is 14.7 Å².